The second-order valence-electron chi connectivity index (χ2n) is 4.01. The Morgan fingerprint density at radius 1 is 1.33 bits per heavy atom. The first-order chi connectivity index (χ1) is 10.2. The molecule has 110 valence electrons. The first-order valence-electron chi connectivity index (χ1n) is 6.16. The summed E-state index contributed by atoms with van der Waals surface area (Å²) in [6.45, 7) is -0.108. The van der Waals surface area contributed by atoms with Gasteiger partial charge in [0.1, 0.15) is 6.54 Å². The minimum absolute atomic E-state index is 0.108. The molecule has 0 unspecified atom stereocenters. The standard InChI is InChI=1S/C14H14N2O3S2/c1-19-13(18)7-15-12(17)9-21-14-16-11(8-20-14)10-5-3-2-4-6-10/h2-6,8H,7,9H2,1H3,(H,15,17). The van der Waals surface area contributed by atoms with Gasteiger partial charge in [-0.3, -0.25) is 9.59 Å². The van der Waals surface area contributed by atoms with E-state index in [4.69, 9.17) is 0 Å². The molecule has 0 atom stereocenters. The van der Waals surface area contributed by atoms with E-state index in [-0.39, 0.29) is 18.2 Å². The molecule has 1 aromatic heterocycles. The second kappa shape index (κ2) is 7.80. The molecule has 0 saturated heterocycles. The average molecular weight is 322 g/mol. The van der Waals surface area contributed by atoms with Gasteiger partial charge in [0.25, 0.3) is 0 Å². The Morgan fingerprint density at radius 2 is 2.10 bits per heavy atom. The molecule has 0 spiro atoms. The number of amides is 1. The molecule has 0 aliphatic carbocycles. The summed E-state index contributed by atoms with van der Waals surface area (Å²) >= 11 is 2.84. The maximum absolute atomic E-state index is 11.6. The highest BCUT2D eigenvalue weighted by Crippen LogP contribution is 2.27. The highest BCUT2D eigenvalue weighted by atomic mass is 32.2. The minimum Gasteiger partial charge on any atom is -0.468 e. The molecule has 2 aromatic rings. The van der Waals surface area contributed by atoms with Crippen LogP contribution in [0, 0.1) is 0 Å². The van der Waals surface area contributed by atoms with Gasteiger partial charge in [0.2, 0.25) is 5.91 Å². The van der Waals surface area contributed by atoms with Crippen LogP contribution >= 0.6 is 23.1 Å². The highest BCUT2D eigenvalue weighted by molar-refractivity contribution is 8.01. The van der Waals surface area contributed by atoms with Crippen LogP contribution < -0.4 is 5.32 Å². The third-order valence-electron chi connectivity index (χ3n) is 2.54. The number of benzene rings is 1. The van der Waals surface area contributed by atoms with Crippen molar-refractivity contribution in [2.75, 3.05) is 19.4 Å². The van der Waals surface area contributed by atoms with Crippen LogP contribution in [0.4, 0.5) is 0 Å². The van der Waals surface area contributed by atoms with Gasteiger partial charge in [-0.1, -0.05) is 42.1 Å². The normalized spacial score (nSPS) is 10.1. The first-order valence-corrected chi connectivity index (χ1v) is 8.03. The zero-order valence-electron chi connectivity index (χ0n) is 11.4. The van der Waals surface area contributed by atoms with Crippen LogP contribution in [0.1, 0.15) is 0 Å². The third-order valence-corrected chi connectivity index (χ3v) is 4.56. The van der Waals surface area contributed by atoms with E-state index < -0.39 is 5.97 Å². The predicted octanol–water partition coefficient (Wildman–Crippen LogP) is 2.19. The Labute approximate surface area is 130 Å². The molecule has 0 fully saturated rings. The van der Waals surface area contributed by atoms with Gasteiger partial charge in [0.05, 0.1) is 18.6 Å². The molecule has 1 aromatic carbocycles. The van der Waals surface area contributed by atoms with Crippen molar-refractivity contribution in [3.05, 3.63) is 35.7 Å². The summed E-state index contributed by atoms with van der Waals surface area (Å²) in [7, 11) is 1.28. The molecule has 5 nitrogen and oxygen atoms in total. The summed E-state index contributed by atoms with van der Waals surface area (Å²) in [4.78, 5) is 26.9. The molecule has 0 saturated carbocycles. The lowest BCUT2D eigenvalue weighted by atomic mass is 10.2. The molecule has 1 amide bonds. The number of thioether (sulfide) groups is 1. The monoisotopic (exact) mass is 322 g/mol. The van der Waals surface area contributed by atoms with Crippen LogP contribution in [0.25, 0.3) is 11.3 Å². The van der Waals surface area contributed by atoms with E-state index in [1.54, 1.807) is 0 Å². The van der Waals surface area contributed by atoms with Crippen molar-refractivity contribution >= 4 is 35.0 Å². The summed E-state index contributed by atoms with van der Waals surface area (Å²) in [6, 6.07) is 9.86. The lowest BCUT2D eigenvalue weighted by Crippen LogP contribution is -2.31. The summed E-state index contributed by atoms with van der Waals surface area (Å²) in [5.41, 5.74) is 1.95. The summed E-state index contributed by atoms with van der Waals surface area (Å²) in [5, 5.41) is 4.45. The summed E-state index contributed by atoms with van der Waals surface area (Å²) in [5.74, 6) is -0.463. The minimum atomic E-state index is -0.464. The largest absolute Gasteiger partial charge is 0.468 e. The Morgan fingerprint density at radius 3 is 2.81 bits per heavy atom. The van der Waals surface area contributed by atoms with Gasteiger partial charge in [-0.2, -0.15) is 0 Å². The maximum atomic E-state index is 11.6. The molecule has 7 heteroatoms. The van der Waals surface area contributed by atoms with Crippen molar-refractivity contribution < 1.29 is 14.3 Å². The molecular weight excluding hydrogens is 308 g/mol. The number of hydrogen-bond acceptors (Lipinski definition) is 6. The molecule has 2 rings (SSSR count). The zero-order chi connectivity index (χ0) is 15.1. The van der Waals surface area contributed by atoms with Crippen molar-refractivity contribution in [2.24, 2.45) is 0 Å². The van der Waals surface area contributed by atoms with Gasteiger partial charge in [0, 0.05) is 10.9 Å². The lowest BCUT2D eigenvalue weighted by Gasteiger charge is -2.02. The van der Waals surface area contributed by atoms with Gasteiger partial charge in [-0.25, -0.2) is 4.98 Å². The third kappa shape index (κ3) is 4.87. The van der Waals surface area contributed by atoms with Crippen molar-refractivity contribution in [3.8, 4) is 11.3 Å². The van der Waals surface area contributed by atoms with Crippen LogP contribution in [0.3, 0.4) is 0 Å². The van der Waals surface area contributed by atoms with Crippen molar-refractivity contribution in [1.29, 1.82) is 0 Å². The number of nitrogens with one attached hydrogen (secondary N) is 1. The fourth-order valence-electron chi connectivity index (χ4n) is 1.49. The molecule has 0 aliphatic heterocycles. The van der Waals surface area contributed by atoms with Gasteiger partial charge in [0.15, 0.2) is 4.34 Å². The average Bonchev–Trinajstić information content (AvgIpc) is 3.00. The van der Waals surface area contributed by atoms with E-state index in [0.29, 0.717) is 0 Å². The summed E-state index contributed by atoms with van der Waals surface area (Å²) < 4.78 is 5.27. The van der Waals surface area contributed by atoms with E-state index in [1.165, 1.54) is 30.2 Å². The molecular formula is C14H14N2O3S2. The Hall–Kier alpha value is -1.86. The number of carbonyl (C=O) groups is 2. The van der Waals surface area contributed by atoms with Gasteiger partial charge >= 0.3 is 5.97 Å². The van der Waals surface area contributed by atoms with E-state index in [9.17, 15) is 9.59 Å². The number of thiazole rings is 1. The fourth-order valence-corrected chi connectivity index (χ4v) is 3.15. The van der Waals surface area contributed by atoms with Crippen molar-refractivity contribution in [3.63, 3.8) is 0 Å². The second-order valence-corrected chi connectivity index (χ2v) is 6.09. The van der Waals surface area contributed by atoms with Gasteiger partial charge in [-0.05, 0) is 0 Å². The van der Waals surface area contributed by atoms with Crippen LogP contribution in [0.2, 0.25) is 0 Å². The van der Waals surface area contributed by atoms with Crippen LogP contribution in [-0.4, -0.2) is 36.3 Å². The number of rotatable bonds is 6. The Kier molecular flexibility index (Phi) is 5.77. The Balaban J connectivity index is 1.83. The zero-order valence-corrected chi connectivity index (χ0v) is 13.0. The number of ether oxygens (including phenoxy) is 1. The van der Waals surface area contributed by atoms with Gasteiger partial charge in [-0.15, -0.1) is 11.3 Å². The quantitative estimate of drug-likeness (QED) is 0.652. The van der Waals surface area contributed by atoms with Crippen LogP contribution in [0.15, 0.2) is 40.1 Å². The van der Waals surface area contributed by atoms with Crippen LogP contribution in [0.5, 0.6) is 0 Å². The van der Waals surface area contributed by atoms with E-state index in [0.717, 1.165) is 15.6 Å². The smallest absolute Gasteiger partial charge is 0.325 e. The first kappa shape index (κ1) is 15.5. The highest BCUT2D eigenvalue weighted by Gasteiger charge is 2.09. The lowest BCUT2D eigenvalue weighted by molar-refractivity contribution is -0.140. The predicted molar refractivity (Wildman–Crippen MR) is 83.3 cm³/mol. The SMILES string of the molecule is COC(=O)CNC(=O)CSc1nc(-c2ccccc2)cs1. The van der Waals surface area contributed by atoms with Crippen LogP contribution in [-0.2, 0) is 14.3 Å². The van der Waals surface area contributed by atoms with Gasteiger partial charge < -0.3 is 10.1 Å². The van der Waals surface area contributed by atoms with E-state index >= 15 is 0 Å². The number of methoxy groups -OCH3 is 1. The topological polar surface area (TPSA) is 68.3 Å². The molecule has 21 heavy (non-hydrogen) atoms. The molecule has 0 radical (unpaired) electrons. The Bertz CT molecular complexity index is 614. The number of hydrogen-bond donors (Lipinski definition) is 1. The molecule has 0 bridgehead atoms. The van der Waals surface area contributed by atoms with E-state index in [1.807, 2.05) is 35.7 Å². The fraction of sp³-hybridized carbons (Fsp3) is 0.214. The number of aromatic nitrogens is 1. The molecule has 0 aliphatic rings. The van der Waals surface area contributed by atoms with Crippen molar-refractivity contribution in [2.45, 2.75) is 4.34 Å². The number of esters is 1. The maximum Gasteiger partial charge on any atom is 0.325 e. The van der Waals surface area contributed by atoms with Crippen molar-refractivity contribution in [1.82, 2.24) is 10.3 Å². The number of carbonyl (C=O) groups excluding carboxylic acids is 2. The number of nitrogens with zero attached hydrogens (tertiary/aromatic N) is 1. The van der Waals surface area contributed by atoms with E-state index in [2.05, 4.69) is 15.0 Å². The molecule has 1 N–H and O–H groups in total. The molecule has 1 heterocycles. The summed E-state index contributed by atoms with van der Waals surface area (Å²) in [6.07, 6.45) is 0.